The van der Waals surface area contributed by atoms with Gasteiger partial charge in [0.15, 0.2) is 0 Å². The Bertz CT molecular complexity index is 448. The van der Waals surface area contributed by atoms with Gasteiger partial charge in [-0.05, 0) is 0 Å². The fourth-order valence-corrected chi connectivity index (χ4v) is 2.72. The van der Waals surface area contributed by atoms with Gasteiger partial charge in [0, 0.05) is 17.1 Å². The summed E-state index contributed by atoms with van der Waals surface area (Å²) < 4.78 is 0. The van der Waals surface area contributed by atoms with Gasteiger partial charge in [0.25, 0.3) is 0 Å². The van der Waals surface area contributed by atoms with Gasteiger partial charge in [-0.15, -0.1) is 0 Å². The quantitative estimate of drug-likeness (QED) is 0.494. The summed E-state index contributed by atoms with van der Waals surface area (Å²) in [5, 5.41) is 0. The molecule has 0 amide bonds. The van der Waals surface area contributed by atoms with E-state index in [0.29, 0.717) is 0 Å². The van der Waals surface area contributed by atoms with Crippen LogP contribution in [-0.4, -0.2) is 0 Å². The molecule has 0 saturated carbocycles. The molecule has 0 N–H and O–H groups in total. The Hall–Kier alpha value is -0.781. The maximum atomic E-state index is 2.35. The zero-order valence-corrected chi connectivity index (χ0v) is 15.4. The minimum atomic E-state index is 0. The summed E-state index contributed by atoms with van der Waals surface area (Å²) in [6, 6.07) is 11.2. The van der Waals surface area contributed by atoms with Crippen molar-refractivity contribution in [3.8, 4) is 0 Å². The third-order valence-electron chi connectivity index (χ3n) is 4.07. The number of rotatable bonds is 5. The largest absolute Gasteiger partial charge is 0.747 e. The molecule has 2 rings (SSSR count). The smallest absolute Gasteiger partial charge is 0 e. The molecule has 0 radical (unpaired) electrons. The van der Waals surface area contributed by atoms with Crippen LogP contribution in [0, 0.1) is 0 Å². The Morgan fingerprint density at radius 3 is 1.48 bits per heavy atom. The Kier molecular flexibility index (Phi) is 10.5. The second kappa shape index (κ2) is 10.9. The summed E-state index contributed by atoms with van der Waals surface area (Å²) >= 11 is 0. The Balaban J connectivity index is 0.000000370. The molecule has 0 aromatic heterocycles. The van der Waals surface area contributed by atoms with Gasteiger partial charge >= 0.3 is 0 Å². The molecule has 2 aromatic carbocycles. The molecule has 2 aromatic rings. The molecule has 0 aliphatic rings. The van der Waals surface area contributed by atoms with Crippen LogP contribution in [0.4, 0.5) is 0 Å². The molecule has 0 atom stereocenters. The van der Waals surface area contributed by atoms with Gasteiger partial charge in [-0.1, -0.05) is 53.9 Å². The van der Waals surface area contributed by atoms with E-state index >= 15 is 0 Å². The summed E-state index contributed by atoms with van der Waals surface area (Å²) in [4.78, 5) is 0. The van der Waals surface area contributed by atoms with Crippen molar-refractivity contribution in [2.24, 2.45) is 0 Å². The van der Waals surface area contributed by atoms with E-state index in [1.54, 1.807) is 11.1 Å². The predicted octanol–water partition coefficient (Wildman–Crippen LogP) is 5.62. The molecule has 0 spiro atoms. The van der Waals surface area contributed by atoms with Gasteiger partial charge in [0.05, 0.1) is 0 Å². The van der Waals surface area contributed by atoms with E-state index < -0.39 is 0 Å². The first-order chi connectivity index (χ1) is 9.69. The minimum Gasteiger partial charge on any atom is -0.747 e. The van der Waals surface area contributed by atoms with Gasteiger partial charge < -0.3 is 29.3 Å². The molecule has 0 fully saturated rings. The van der Waals surface area contributed by atoms with Crippen LogP contribution < -0.4 is 0 Å². The maximum absolute atomic E-state index is 2.35. The molecule has 21 heavy (non-hydrogen) atoms. The van der Waals surface area contributed by atoms with Crippen LogP contribution >= 0.6 is 0 Å². The van der Waals surface area contributed by atoms with E-state index in [1.165, 1.54) is 48.8 Å². The van der Waals surface area contributed by atoms with Gasteiger partial charge in [-0.2, -0.15) is 28.8 Å². The summed E-state index contributed by atoms with van der Waals surface area (Å²) in [6.45, 7) is 11.1. The number of hydrogen-bond acceptors (Lipinski definition) is 0. The van der Waals surface area contributed by atoms with Crippen LogP contribution in [0.2, 0.25) is 0 Å². The Morgan fingerprint density at radius 2 is 1.19 bits per heavy atom. The predicted molar refractivity (Wildman–Crippen MR) is 91.0 cm³/mol. The number of hydrogen-bond donors (Lipinski definition) is 0. The zero-order valence-electron chi connectivity index (χ0n) is 14.3. The number of aryl methyl sites for hydroxylation is 5. The molecule has 0 bridgehead atoms. The van der Waals surface area contributed by atoms with E-state index in [4.69, 9.17) is 0 Å². The van der Waals surface area contributed by atoms with Crippen molar-refractivity contribution in [1.29, 1.82) is 0 Å². The second-order valence-electron chi connectivity index (χ2n) is 5.26. The fourth-order valence-electron chi connectivity index (χ4n) is 2.72. The van der Waals surface area contributed by atoms with Crippen LogP contribution in [0.25, 0.3) is 0 Å². The Labute approximate surface area is 142 Å². The molecule has 1 heteroatoms. The van der Waals surface area contributed by atoms with Crippen LogP contribution in [0.1, 0.15) is 62.4 Å². The van der Waals surface area contributed by atoms with E-state index in [9.17, 15) is 0 Å². The third-order valence-corrected chi connectivity index (χ3v) is 4.07. The zero-order chi connectivity index (χ0) is 15.0. The fraction of sp³-hybridized carbons (Fsp3) is 0.500. The van der Waals surface area contributed by atoms with Crippen molar-refractivity contribution in [3.05, 3.63) is 58.1 Å². The van der Waals surface area contributed by atoms with Crippen molar-refractivity contribution in [3.63, 3.8) is 0 Å². The summed E-state index contributed by atoms with van der Waals surface area (Å²) in [7, 11) is 0. The van der Waals surface area contributed by atoms with Gasteiger partial charge in [0.1, 0.15) is 0 Å². The molecule has 0 unspecified atom stereocenters. The molecule has 0 heterocycles. The maximum Gasteiger partial charge on any atom is 0 e. The molecule has 0 saturated heterocycles. The molecular weight excluding hydrogens is 296 g/mol. The van der Waals surface area contributed by atoms with E-state index in [1.807, 2.05) is 0 Å². The first-order valence-corrected chi connectivity index (χ1v) is 8.20. The summed E-state index contributed by atoms with van der Waals surface area (Å²) in [6.07, 6.45) is 5.89. The first kappa shape index (κ1) is 20.2. The molecular formula is C20H30Fe-6. The normalized spacial score (nSPS) is 9.76. The van der Waals surface area contributed by atoms with Crippen LogP contribution in [0.5, 0.6) is 0 Å². The first-order valence-electron chi connectivity index (χ1n) is 8.20. The van der Waals surface area contributed by atoms with Gasteiger partial charge in [-0.3, -0.25) is 0 Å². The van der Waals surface area contributed by atoms with E-state index in [0.717, 1.165) is 0 Å². The van der Waals surface area contributed by atoms with Crippen LogP contribution in [0.15, 0.2) is 30.3 Å². The molecule has 124 valence electrons. The third kappa shape index (κ3) is 5.85. The topological polar surface area (TPSA) is 0 Å². The SMILES string of the molecule is CC[c-]1[cH-][cH-][cH-][c-]1CC.CCc1c[c-](CC)cc1CC.[Fe]. The van der Waals surface area contributed by atoms with Gasteiger partial charge in [0.2, 0.25) is 0 Å². The molecule has 0 nitrogen and oxygen atoms in total. The van der Waals surface area contributed by atoms with E-state index in [-0.39, 0.29) is 17.1 Å². The van der Waals surface area contributed by atoms with Crippen molar-refractivity contribution >= 4 is 0 Å². The van der Waals surface area contributed by atoms with Crippen molar-refractivity contribution in [2.45, 2.75) is 66.7 Å². The monoisotopic (exact) mass is 326 g/mol. The summed E-state index contributed by atoms with van der Waals surface area (Å²) in [5.41, 5.74) is 7.61. The van der Waals surface area contributed by atoms with Crippen molar-refractivity contribution in [2.75, 3.05) is 0 Å². The van der Waals surface area contributed by atoms with Crippen LogP contribution in [0.3, 0.4) is 0 Å². The van der Waals surface area contributed by atoms with Crippen LogP contribution in [-0.2, 0) is 49.2 Å². The molecule has 0 aliphatic heterocycles. The minimum absolute atomic E-state index is 0. The molecule has 0 aliphatic carbocycles. The van der Waals surface area contributed by atoms with Crippen molar-refractivity contribution < 1.29 is 17.1 Å². The second-order valence-corrected chi connectivity index (χ2v) is 5.26. The summed E-state index contributed by atoms with van der Waals surface area (Å²) in [5.74, 6) is 0. The standard InChI is InChI=1S/C11H17.C9H13.Fe/c1-4-9-7-10(5-2)11(6-3)8-9;1-3-8-6-5-7-9(8)4-2;/h7-8H,4-6H2,1-3H3;5-7H,3-4H2,1-2H3;/q-1;-5;. The Morgan fingerprint density at radius 1 is 0.762 bits per heavy atom. The van der Waals surface area contributed by atoms with E-state index in [2.05, 4.69) is 65.0 Å². The van der Waals surface area contributed by atoms with Crippen molar-refractivity contribution in [1.82, 2.24) is 0 Å². The average molecular weight is 326 g/mol. The average Bonchev–Trinajstić information content (AvgIpc) is 3.12. The van der Waals surface area contributed by atoms with Gasteiger partial charge in [-0.25, -0.2) is 12.8 Å².